The second-order valence-corrected chi connectivity index (χ2v) is 6.79. The maximum absolute atomic E-state index is 3.62. The van der Waals surface area contributed by atoms with Crippen molar-refractivity contribution in [1.29, 1.82) is 0 Å². The molecule has 0 radical (unpaired) electrons. The lowest BCUT2D eigenvalue weighted by Gasteiger charge is -2.38. The molecule has 0 aliphatic rings. The number of nitrogens with zero attached hydrogens (tertiary/aromatic N) is 1. The molecule has 0 spiro atoms. The molecule has 0 saturated carbocycles. The zero-order valence-electron chi connectivity index (χ0n) is 9.78. The molecule has 0 aromatic carbocycles. The van der Waals surface area contributed by atoms with Crippen LogP contribution in [0.5, 0.6) is 0 Å². The highest BCUT2D eigenvalue weighted by atomic mass is 28.4. The third kappa shape index (κ3) is 3.77. The molecule has 0 fully saturated rings. The van der Waals surface area contributed by atoms with Crippen molar-refractivity contribution in [2.24, 2.45) is 0 Å². The molecule has 0 amide bonds. The smallest absolute Gasteiger partial charge is 0.280 e. The molecule has 0 atom stereocenters. The third-order valence-electron chi connectivity index (χ3n) is 2.44. The van der Waals surface area contributed by atoms with Gasteiger partial charge in [0.25, 0.3) is 8.56 Å². The molecule has 0 heterocycles. The Bertz CT molecular complexity index is 120. The Hall–Kier alpha value is 0.0969. The summed E-state index contributed by atoms with van der Waals surface area (Å²) in [7, 11) is -1.55. The summed E-state index contributed by atoms with van der Waals surface area (Å²) in [5.41, 5.74) is 0. The summed E-state index contributed by atoms with van der Waals surface area (Å²) in [5.74, 6) is 0. The monoisotopic (exact) mass is 203 g/mol. The van der Waals surface area contributed by atoms with E-state index in [2.05, 4.69) is 48.8 Å². The van der Waals surface area contributed by atoms with Gasteiger partial charge in [-0.05, 0) is 32.7 Å². The fraction of sp³-hybridized carbons (Fsp3) is 1.00. The molecule has 4 heteroatoms. The molecule has 0 aromatic rings. The molecule has 0 saturated heterocycles. The summed E-state index contributed by atoms with van der Waals surface area (Å²) in [6.07, 6.45) is 0. The van der Waals surface area contributed by atoms with Crippen molar-refractivity contribution in [3.05, 3.63) is 0 Å². The van der Waals surface area contributed by atoms with Crippen LogP contribution in [0, 0.1) is 0 Å². The number of nitrogens with one attached hydrogen (secondary N) is 2. The van der Waals surface area contributed by atoms with Crippen molar-refractivity contribution in [2.75, 3.05) is 26.2 Å². The molecule has 80 valence electrons. The minimum atomic E-state index is -1.55. The first-order valence-electron chi connectivity index (χ1n) is 5.39. The van der Waals surface area contributed by atoms with E-state index in [-0.39, 0.29) is 0 Å². The molecule has 0 rings (SSSR count). The van der Waals surface area contributed by atoms with Crippen LogP contribution in [0.15, 0.2) is 0 Å². The van der Waals surface area contributed by atoms with Gasteiger partial charge in [-0.3, -0.25) is 0 Å². The van der Waals surface area contributed by atoms with E-state index in [1.807, 2.05) is 0 Å². The van der Waals surface area contributed by atoms with Gasteiger partial charge in [0.1, 0.15) is 0 Å². The van der Waals surface area contributed by atoms with Gasteiger partial charge in [-0.1, -0.05) is 27.7 Å². The van der Waals surface area contributed by atoms with Crippen LogP contribution >= 0.6 is 0 Å². The lowest BCUT2D eigenvalue weighted by atomic mass is 10.7. The van der Waals surface area contributed by atoms with E-state index in [4.69, 9.17) is 0 Å². The topological polar surface area (TPSA) is 27.3 Å². The molecule has 0 unspecified atom stereocenters. The summed E-state index contributed by atoms with van der Waals surface area (Å²) in [4.78, 5) is 7.23. The molecule has 2 N–H and O–H groups in total. The minimum Gasteiger partial charge on any atom is -0.314 e. The molecule has 13 heavy (non-hydrogen) atoms. The van der Waals surface area contributed by atoms with Gasteiger partial charge in [-0.25, -0.2) is 0 Å². The Morgan fingerprint density at radius 2 is 1.31 bits per heavy atom. The van der Waals surface area contributed by atoms with Crippen LogP contribution in [-0.4, -0.2) is 39.3 Å². The molecule has 3 nitrogen and oxygen atoms in total. The number of rotatable bonds is 7. The molecule has 0 aromatic heterocycles. The normalized spacial score (nSPS) is 12.5. The van der Waals surface area contributed by atoms with Gasteiger partial charge in [-0.15, -0.1) is 0 Å². The summed E-state index contributed by atoms with van der Waals surface area (Å²) in [5, 5.41) is 0. The lowest BCUT2D eigenvalue weighted by molar-refractivity contribution is 0.437. The molecule has 0 aliphatic carbocycles. The predicted molar refractivity (Wildman–Crippen MR) is 61.9 cm³/mol. The van der Waals surface area contributed by atoms with Crippen LogP contribution in [0.2, 0.25) is 6.55 Å². The summed E-state index contributed by atoms with van der Waals surface area (Å²) < 4.78 is 2.53. The van der Waals surface area contributed by atoms with E-state index in [9.17, 15) is 0 Å². The van der Waals surface area contributed by atoms with Gasteiger partial charge in [0, 0.05) is 0 Å². The van der Waals surface area contributed by atoms with E-state index in [0.29, 0.717) is 0 Å². The quantitative estimate of drug-likeness (QED) is 0.607. The molecule has 0 bridgehead atoms. The minimum absolute atomic E-state index is 1.05. The second-order valence-electron chi connectivity index (χ2n) is 3.31. The predicted octanol–water partition coefficient (Wildman–Crippen LogP) is 1.12. The largest absolute Gasteiger partial charge is 0.314 e. The lowest BCUT2D eigenvalue weighted by Crippen LogP contribution is -2.71. The Morgan fingerprint density at radius 1 is 0.923 bits per heavy atom. The number of hydrogen-bond donors (Lipinski definition) is 2. The fourth-order valence-corrected chi connectivity index (χ4v) is 5.04. The first kappa shape index (κ1) is 13.1. The Kier molecular flexibility index (Phi) is 6.58. The average molecular weight is 203 g/mol. The Morgan fingerprint density at radius 3 is 1.54 bits per heavy atom. The van der Waals surface area contributed by atoms with Gasteiger partial charge >= 0.3 is 0 Å². The average Bonchev–Trinajstić information content (AvgIpc) is 2.07. The van der Waals surface area contributed by atoms with Crippen molar-refractivity contribution in [3.8, 4) is 0 Å². The van der Waals surface area contributed by atoms with Gasteiger partial charge in [0.15, 0.2) is 0 Å². The maximum atomic E-state index is 3.62. The highest BCUT2D eigenvalue weighted by molar-refractivity contribution is 6.71. The maximum Gasteiger partial charge on any atom is 0.280 e. The zero-order chi connectivity index (χ0) is 10.3. The van der Waals surface area contributed by atoms with Crippen LogP contribution < -0.4 is 9.96 Å². The summed E-state index contributed by atoms with van der Waals surface area (Å²) in [6.45, 7) is 15.5. The van der Waals surface area contributed by atoms with Gasteiger partial charge < -0.3 is 14.5 Å². The number of hydrogen-bond acceptors (Lipinski definition) is 3. The molecular formula is C9H25N3Si. The Labute approximate surface area is 84.1 Å². The van der Waals surface area contributed by atoms with Gasteiger partial charge in [-0.2, -0.15) is 0 Å². The van der Waals surface area contributed by atoms with Crippen LogP contribution in [0.3, 0.4) is 0 Å². The standard InChI is InChI=1S/C9H25N3Si/c1-6-10-13(5,11-7-2)12(8-3)9-4/h10-11H,6-9H2,1-5H3. The summed E-state index contributed by atoms with van der Waals surface area (Å²) in [6, 6.07) is 0. The van der Waals surface area contributed by atoms with Crippen molar-refractivity contribution < 1.29 is 0 Å². The van der Waals surface area contributed by atoms with Gasteiger partial charge in [0.2, 0.25) is 0 Å². The molecule has 0 aliphatic heterocycles. The summed E-state index contributed by atoms with van der Waals surface area (Å²) >= 11 is 0. The first-order valence-corrected chi connectivity index (χ1v) is 7.84. The highest BCUT2D eigenvalue weighted by Crippen LogP contribution is 2.01. The van der Waals surface area contributed by atoms with Crippen LogP contribution in [0.25, 0.3) is 0 Å². The van der Waals surface area contributed by atoms with Gasteiger partial charge in [0.05, 0.1) is 0 Å². The van der Waals surface area contributed by atoms with E-state index in [1.165, 1.54) is 0 Å². The van der Waals surface area contributed by atoms with E-state index < -0.39 is 8.56 Å². The van der Waals surface area contributed by atoms with E-state index in [0.717, 1.165) is 26.2 Å². The van der Waals surface area contributed by atoms with E-state index in [1.54, 1.807) is 0 Å². The highest BCUT2D eigenvalue weighted by Gasteiger charge is 2.31. The third-order valence-corrected chi connectivity index (χ3v) is 6.42. The van der Waals surface area contributed by atoms with Crippen LogP contribution in [-0.2, 0) is 0 Å². The first-order chi connectivity index (χ1) is 6.14. The van der Waals surface area contributed by atoms with Crippen molar-refractivity contribution in [3.63, 3.8) is 0 Å². The SMILES string of the molecule is CCN[Si](C)(NCC)N(CC)CC. The van der Waals surface area contributed by atoms with Crippen LogP contribution in [0.4, 0.5) is 0 Å². The van der Waals surface area contributed by atoms with Crippen molar-refractivity contribution >= 4 is 8.56 Å². The second kappa shape index (κ2) is 6.54. The van der Waals surface area contributed by atoms with Crippen LogP contribution in [0.1, 0.15) is 27.7 Å². The Balaban J connectivity index is 4.33. The molecular weight excluding hydrogens is 178 g/mol. The van der Waals surface area contributed by atoms with Crippen molar-refractivity contribution in [1.82, 2.24) is 14.5 Å². The zero-order valence-corrected chi connectivity index (χ0v) is 10.8. The fourth-order valence-electron chi connectivity index (χ4n) is 1.83. The van der Waals surface area contributed by atoms with Crippen molar-refractivity contribution in [2.45, 2.75) is 34.2 Å². The van der Waals surface area contributed by atoms with E-state index >= 15 is 0 Å².